The molecule has 4 aliphatic rings. The Morgan fingerprint density at radius 2 is 1.91 bits per heavy atom. The molecule has 1 spiro atoms. The zero-order valence-electron chi connectivity index (χ0n) is 21.1. The smallest absolute Gasteiger partial charge is 0.224 e. The number of hydrogen-bond acceptors (Lipinski definition) is 5. The molecule has 5 rings (SSSR count). The highest BCUT2D eigenvalue weighted by atomic mass is 19.1. The number of carbonyl (C=O) groups is 1. The second kappa shape index (κ2) is 8.94. The maximum atomic E-state index is 13.0. The summed E-state index contributed by atoms with van der Waals surface area (Å²) in [6.45, 7) is 8.60. The maximum absolute atomic E-state index is 13.0. The van der Waals surface area contributed by atoms with Gasteiger partial charge in [0, 0.05) is 24.5 Å². The van der Waals surface area contributed by atoms with Gasteiger partial charge in [-0.15, -0.1) is 0 Å². The van der Waals surface area contributed by atoms with Crippen LogP contribution in [0, 0.1) is 34.9 Å². The van der Waals surface area contributed by atoms with Gasteiger partial charge in [0.15, 0.2) is 5.79 Å². The molecular weight excluding hydrogens is 449 g/mol. The van der Waals surface area contributed by atoms with Gasteiger partial charge in [0.1, 0.15) is 11.4 Å². The van der Waals surface area contributed by atoms with Crippen molar-refractivity contribution in [2.24, 2.45) is 29.1 Å². The molecule has 2 N–H and O–H groups in total. The van der Waals surface area contributed by atoms with Crippen LogP contribution in [0.3, 0.4) is 0 Å². The Bertz CT molecular complexity index is 984. The van der Waals surface area contributed by atoms with E-state index in [0.717, 1.165) is 18.4 Å². The SMILES string of the molecule is CC1CCC2C(C)C(CCC(=O)NC=Cc3ccc(F)cc3)OC3(C)C4OC(C)(OO)CCC1C243. The van der Waals surface area contributed by atoms with E-state index in [1.54, 1.807) is 24.4 Å². The number of hydrogen-bond donors (Lipinski definition) is 2. The van der Waals surface area contributed by atoms with Gasteiger partial charge in [0.25, 0.3) is 0 Å². The van der Waals surface area contributed by atoms with E-state index >= 15 is 0 Å². The van der Waals surface area contributed by atoms with E-state index in [0.29, 0.717) is 42.9 Å². The number of rotatable bonds is 6. The summed E-state index contributed by atoms with van der Waals surface area (Å²) in [6, 6.07) is 6.11. The van der Waals surface area contributed by atoms with Crippen LogP contribution >= 0.6 is 0 Å². The first-order valence-electron chi connectivity index (χ1n) is 13.0. The average molecular weight is 488 g/mol. The van der Waals surface area contributed by atoms with Gasteiger partial charge in [0.05, 0.1) is 12.2 Å². The fourth-order valence-electron chi connectivity index (χ4n) is 7.90. The minimum atomic E-state index is -1.01. The summed E-state index contributed by atoms with van der Waals surface area (Å²) in [6.07, 6.45) is 8.14. The highest BCUT2D eigenvalue weighted by Gasteiger charge is 2.86. The van der Waals surface area contributed by atoms with Crippen LogP contribution in [-0.4, -0.2) is 34.8 Å². The van der Waals surface area contributed by atoms with E-state index < -0.39 is 11.4 Å². The van der Waals surface area contributed by atoms with Gasteiger partial charge in [-0.05, 0) is 80.6 Å². The number of ether oxygens (including phenoxy) is 2. The van der Waals surface area contributed by atoms with Crippen LogP contribution in [0.2, 0.25) is 0 Å². The Balaban J connectivity index is 1.26. The quantitative estimate of drug-likeness (QED) is 0.407. The van der Waals surface area contributed by atoms with Gasteiger partial charge >= 0.3 is 0 Å². The van der Waals surface area contributed by atoms with E-state index in [1.165, 1.54) is 18.6 Å². The van der Waals surface area contributed by atoms with Crippen molar-refractivity contribution in [2.75, 3.05) is 0 Å². The fraction of sp³-hybridized carbons (Fsp3) is 0.679. The molecule has 192 valence electrons. The van der Waals surface area contributed by atoms with Crippen LogP contribution in [0.1, 0.15) is 71.8 Å². The number of halogens is 1. The zero-order valence-corrected chi connectivity index (χ0v) is 21.1. The lowest BCUT2D eigenvalue weighted by atomic mass is 9.56. The van der Waals surface area contributed by atoms with E-state index in [9.17, 15) is 14.4 Å². The van der Waals surface area contributed by atoms with Gasteiger partial charge in [-0.25, -0.2) is 14.5 Å². The molecule has 2 saturated heterocycles. The molecule has 9 unspecified atom stereocenters. The highest BCUT2D eigenvalue weighted by molar-refractivity contribution is 5.77. The van der Waals surface area contributed by atoms with Crippen LogP contribution in [-0.2, 0) is 19.2 Å². The van der Waals surface area contributed by atoms with Crippen LogP contribution in [0.4, 0.5) is 4.39 Å². The second-order valence-corrected chi connectivity index (χ2v) is 11.6. The summed E-state index contributed by atoms with van der Waals surface area (Å²) in [5.41, 5.74) is 0.325. The monoisotopic (exact) mass is 487 g/mol. The Hall–Kier alpha value is -1.80. The van der Waals surface area contributed by atoms with E-state index in [-0.39, 0.29) is 29.3 Å². The molecular formula is C28H38FNO5. The van der Waals surface area contributed by atoms with Crippen molar-refractivity contribution in [3.8, 4) is 0 Å². The minimum absolute atomic E-state index is 0.0339. The third kappa shape index (κ3) is 3.95. The van der Waals surface area contributed by atoms with Crippen molar-refractivity contribution in [3.63, 3.8) is 0 Å². The van der Waals surface area contributed by atoms with E-state index in [1.807, 2.05) is 6.92 Å². The van der Waals surface area contributed by atoms with Crippen molar-refractivity contribution in [1.29, 1.82) is 0 Å². The molecule has 0 aromatic heterocycles. The molecule has 1 aromatic rings. The Morgan fingerprint density at radius 1 is 1.17 bits per heavy atom. The van der Waals surface area contributed by atoms with Crippen LogP contribution in [0.25, 0.3) is 6.08 Å². The van der Waals surface area contributed by atoms with Crippen LogP contribution in [0.15, 0.2) is 30.5 Å². The maximum Gasteiger partial charge on any atom is 0.224 e. The molecule has 2 saturated carbocycles. The molecule has 9 atom stereocenters. The van der Waals surface area contributed by atoms with Gasteiger partial charge in [-0.3, -0.25) is 4.79 Å². The number of nitrogens with one attached hydrogen (secondary N) is 1. The molecule has 6 nitrogen and oxygen atoms in total. The van der Waals surface area contributed by atoms with Gasteiger partial charge in [0.2, 0.25) is 5.91 Å². The van der Waals surface area contributed by atoms with Crippen molar-refractivity contribution in [1.82, 2.24) is 5.32 Å². The summed E-state index contributed by atoms with van der Waals surface area (Å²) in [4.78, 5) is 17.4. The molecule has 0 bridgehead atoms. The Labute approximate surface area is 207 Å². The van der Waals surface area contributed by atoms with Crippen molar-refractivity contribution in [3.05, 3.63) is 41.8 Å². The van der Waals surface area contributed by atoms with Crippen molar-refractivity contribution < 1.29 is 28.8 Å². The predicted octanol–water partition coefficient (Wildman–Crippen LogP) is 5.53. The summed E-state index contributed by atoms with van der Waals surface area (Å²) >= 11 is 0. The molecule has 1 amide bonds. The lowest BCUT2D eigenvalue weighted by Gasteiger charge is -2.52. The Morgan fingerprint density at radius 3 is 2.63 bits per heavy atom. The predicted molar refractivity (Wildman–Crippen MR) is 129 cm³/mol. The summed E-state index contributed by atoms with van der Waals surface area (Å²) < 4.78 is 26.3. The molecule has 0 radical (unpaired) electrons. The lowest BCUT2D eigenvalue weighted by molar-refractivity contribution is -0.404. The number of carbonyl (C=O) groups excluding carboxylic acids is 1. The first-order valence-corrected chi connectivity index (χ1v) is 13.0. The van der Waals surface area contributed by atoms with Crippen LogP contribution < -0.4 is 5.32 Å². The summed E-state index contributed by atoms with van der Waals surface area (Å²) in [5.74, 6) is 0.450. The number of amides is 1. The molecule has 2 aliphatic heterocycles. The standard InChI is InChI=1S/C28H38FNO5/c1-17-5-10-22-18(2)23(11-12-24(31)30-16-14-19-6-8-20(29)9-7-19)33-27(4)25-28(22,27)21(17)13-15-26(3,34-25)35-32/h6-9,14,16-18,21-23,25,32H,5,10-13,15H2,1-4H3,(H,30,31). The first-order chi connectivity index (χ1) is 16.6. The zero-order chi connectivity index (χ0) is 25.0. The number of benzene rings is 1. The normalized spacial score (nSPS) is 44.3. The lowest BCUT2D eigenvalue weighted by Crippen LogP contribution is -2.52. The fourth-order valence-corrected chi connectivity index (χ4v) is 7.90. The minimum Gasteiger partial charge on any atom is -0.368 e. The topological polar surface area (TPSA) is 77.0 Å². The largest absolute Gasteiger partial charge is 0.368 e. The van der Waals surface area contributed by atoms with Gasteiger partial charge in [-0.2, -0.15) is 0 Å². The molecule has 4 fully saturated rings. The third-order valence-corrected chi connectivity index (χ3v) is 9.69. The summed E-state index contributed by atoms with van der Waals surface area (Å²) in [5, 5.41) is 12.4. The van der Waals surface area contributed by atoms with Gasteiger partial charge < -0.3 is 14.8 Å². The average Bonchev–Trinajstić information content (AvgIpc) is 3.39. The molecule has 35 heavy (non-hydrogen) atoms. The number of fused-ring (bicyclic) bond motifs is 1. The second-order valence-electron chi connectivity index (χ2n) is 11.6. The van der Waals surface area contributed by atoms with Crippen molar-refractivity contribution >= 4 is 12.0 Å². The van der Waals surface area contributed by atoms with E-state index in [2.05, 4.69) is 26.1 Å². The molecule has 2 heterocycles. The highest BCUT2D eigenvalue weighted by Crippen LogP contribution is 2.79. The molecule has 2 aliphatic carbocycles. The first kappa shape index (κ1) is 24.9. The molecule has 7 heteroatoms. The Kier molecular flexibility index (Phi) is 6.36. The molecule has 1 aromatic carbocycles. The van der Waals surface area contributed by atoms with Crippen molar-refractivity contribution in [2.45, 2.75) is 89.8 Å². The van der Waals surface area contributed by atoms with Crippen LogP contribution in [0.5, 0.6) is 0 Å². The van der Waals surface area contributed by atoms with Gasteiger partial charge in [-0.1, -0.05) is 32.4 Å². The van der Waals surface area contributed by atoms with E-state index in [4.69, 9.17) is 14.4 Å². The summed E-state index contributed by atoms with van der Waals surface area (Å²) in [7, 11) is 0. The third-order valence-electron chi connectivity index (χ3n) is 9.69.